The molecule has 5 nitrogen and oxygen atoms in total. The van der Waals surface area contributed by atoms with Crippen LogP contribution >= 0.6 is 11.6 Å². The third kappa shape index (κ3) is 4.80. The molecule has 0 fully saturated rings. The number of aryl methyl sites for hydroxylation is 2. The van der Waals surface area contributed by atoms with Crippen LogP contribution in [0.3, 0.4) is 0 Å². The maximum Gasteiger partial charge on any atom is 0.253 e. The second kappa shape index (κ2) is 9.14. The van der Waals surface area contributed by atoms with E-state index in [4.69, 9.17) is 16.3 Å². The molecule has 0 bridgehead atoms. The molecule has 1 aromatic heterocycles. The molecule has 0 radical (unpaired) electrons. The number of benzene rings is 2. The number of amides is 1. The van der Waals surface area contributed by atoms with Crippen LogP contribution in [0.5, 0.6) is 5.75 Å². The first-order chi connectivity index (χ1) is 13.9. The number of ether oxygens (including phenoxy) is 1. The van der Waals surface area contributed by atoms with Crippen LogP contribution < -0.4 is 4.74 Å². The fourth-order valence-electron chi connectivity index (χ4n) is 3.32. The van der Waals surface area contributed by atoms with Gasteiger partial charge in [-0.05, 0) is 50.6 Å². The van der Waals surface area contributed by atoms with Crippen LogP contribution in [0.1, 0.15) is 39.8 Å². The van der Waals surface area contributed by atoms with E-state index >= 15 is 0 Å². The van der Waals surface area contributed by atoms with Crippen LogP contribution in [0.2, 0.25) is 5.02 Å². The summed E-state index contributed by atoms with van der Waals surface area (Å²) in [7, 11) is 1.82. The molecule has 0 aliphatic carbocycles. The molecule has 2 aromatic carbocycles. The Balaban J connectivity index is 1.70. The molecule has 3 aromatic rings. The number of para-hydroxylation sites is 1. The van der Waals surface area contributed by atoms with Crippen LogP contribution in [0, 0.1) is 13.8 Å². The van der Waals surface area contributed by atoms with E-state index in [1.165, 1.54) is 0 Å². The molecule has 29 heavy (non-hydrogen) atoms. The van der Waals surface area contributed by atoms with Crippen molar-refractivity contribution in [3.8, 4) is 5.75 Å². The summed E-state index contributed by atoms with van der Waals surface area (Å²) in [5.74, 6) is 0.592. The molecule has 6 heteroatoms. The highest BCUT2D eigenvalue weighted by Crippen LogP contribution is 2.24. The quantitative estimate of drug-likeness (QED) is 0.548. The molecule has 0 saturated carbocycles. The van der Waals surface area contributed by atoms with Crippen molar-refractivity contribution in [2.75, 3.05) is 7.05 Å². The van der Waals surface area contributed by atoms with Crippen LogP contribution in [0.25, 0.3) is 0 Å². The molecular formula is C23H26ClN3O2. The average Bonchev–Trinajstić information content (AvgIpc) is 3.00. The van der Waals surface area contributed by atoms with Crippen molar-refractivity contribution < 1.29 is 9.53 Å². The van der Waals surface area contributed by atoms with Crippen molar-refractivity contribution in [2.24, 2.45) is 0 Å². The van der Waals surface area contributed by atoms with E-state index in [1.807, 2.05) is 68.0 Å². The highest BCUT2D eigenvalue weighted by molar-refractivity contribution is 6.32. The Morgan fingerprint density at radius 1 is 1.17 bits per heavy atom. The molecule has 3 rings (SSSR count). The molecule has 0 atom stereocenters. The lowest BCUT2D eigenvalue weighted by Gasteiger charge is -2.18. The fourth-order valence-corrected chi connectivity index (χ4v) is 3.51. The first-order valence-electron chi connectivity index (χ1n) is 9.65. The van der Waals surface area contributed by atoms with E-state index in [-0.39, 0.29) is 5.91 Å². The van der Waals surface area contributed by atoms with E-state index in [1.54, 1.807) is 11.0 Å². The zero-order valence-electron chi connectivity index (χ0n) is 17.3. The van der Waals surface area contributed by atoms with Gasteiger partial charge in [-0.25, -0.2) is 0 Å². The zero-order chi connectivity index (χ0) is 21.0. The molecule has 0 aliphatic heterocycles. The van der Waals surface area contributed by atoms with Crippen LogP contribution in [-0.2, 0) is 19.7 Å². The van der Waals surface area contributed by atoms with Gasteiger partial charge in [0.1, 0.15) is 12.4 Å². The summed E-state index contributed by atoms with van der Waals surface area (Å²) in [6.45, 7) is 7.78. The lowest BCUT2D eigenvalue weighted by atomic mass is 10.1. The third-order valence-electron chi connectivity index (χ3n) is 4.98. The van der Waals surface area contributed by atoms with Gasteiger partial charge in [0.2, 0.25) is 0 Å². The second-order valence-electron chi connectivity index (χ2n) is 7.05. The van der Waals surface area contributed by atoms with Gasteiger partial charge >= 0.3 is 0 Å². The van der Waals surface area contributed by atoms with Crippen LogP contribution in [-0.4, -0.2) is 27.6 Å². The molecule has 0 spiro atoms. The van der Waals surface area contributed by atoms with Crippen molar-refractivity contribution in [2.45, 2.75) is 40.5 Å². The first-order valence-corrected chi connectivity index (χ1v) is 10.0. The predicted octanol–water partition coefficient (Wildman–Crippen LogP) is 5.02. The number of carbonyl (C=O) groups is 1. The van der Waals surface area contributed by atoms with Gasteiger partial charge in [-0.15, -0.1) is 0 Å². The molecule has 1 amide bonds. The summed E-state index contributed by atoms with van der Waals surface area (Å²) in [5, 5.41) is 5.11. The largest absolute Gasteiger partial charge is 0.487 e. The first kappa shape index (κ1) is 20.9. The van der Waals surface area contributed by atoms with E-state index < -0.39 is 0 Å². The molecule has 0 N–H and O–H groups in total. The van der Waals surface area contributed by atoms with Gasteiger partial charge in [-0.3, -0.25) is 9.48 Å². The summed E-state index contributed by atoms with van der Waals surface area (Å²) >= 11 is 6.14. The molecule has 0 saturated heterocycles. The molecule has 0 aliphatic rings. The van der Waals surface area contributed by atoms with Gasteiger partial charge in [0.25, 0.3) is 5.91 Å². The SMILES string of the molecule is CCn1nc(C)c(CN(C)C(=O)c2cccc(COc3ccccc3Cl)c2)c1C. The maximum atomic E-state index is 13.0. The number of aromatic nitrogens is 2. The summed E-state index contributed by atoms with van der Waals surface area (Å²) in [4.78, 5) is 14.7. The fraction of sp³-hybridized carbons (Fsp3) is 0.304. The Bertz CT molecular complexity index is 1010. The van der Waals surface area contributed by atoms with Gasteiger partial charge in [-0.1, -0.05) is 35.9 Å². The normalized spacial score (nSPS) is 10.8. The smallest absolute Gasteiger partial charge is 0.253 e. The summed E-state index contributed by atoms with van der Waals surface area (Å²) in [5.41, 5.74) is 4.71. The summed E-state index contributed by atoms with van der Waals surface area (Å²) in [6.07, 6.45) is 0. The highest BCUT2D eigenvalue weighted by atomic mass is 35.5. The molecule has 0 unspecified atom stereocenters. The van der Waals surface area contributed by atoms with E-state index in [0.29, 0.717) is 29.5 Å². The van der Waals surface area contributed by atoms with Crippen LogP contribution in [0.4, 0.5) is 0 Å². The topological polar surface area (TPSA) is 47.4 Å². The lowest BCUT2D eigenvalue weighted by Crippen LogP contribution is -2.26. The zero-order valence-corrected chi connectivity index (χ0v) is 18.0. The molecular weight excluding hydrogens is 386 g/mol. The summed E-state index contributed by atoms with van der Waals surface area (Å²) in [6, 6.07) is 14.9. The number of carbonyl (C=O) groups excluding carboxylic acids is 1. The van der Waals surface area contributed by atoms with Gasteiger partial charge in [0.05, 0.1) is 10.7 Å². The van der Waals surface area contributed by atoms with Crippen molar-refractivity contribution in [3.05, 3.63) is 81.6 Å². The second-order valence-corrected chi connectivity index (χ2v) is 7.45. The van der Waals surface area contributed by atoms with Gasteiger partial charge in [0.15, 0.2) is 0 Å². The Morgan fingerprint density at radius 2 is 1.93 bits per heavy atom. The number of hydrogen-bond donors (Lipinski definition) is 0. The van der Waals surface area contributed by atoms with Crippen molar-refractivity contribution >= 4 is 17.5 Å². The highest BCUT2D eigenvalue weighted by Gasteiger charge is 2.17. The summed E-state index contributed by atoms with van der Waals surface area (Å²) < 4.78 is 7.76. The minimum absolute atomic E-state index is 0.0346. The Hall–Kier alpha value is -2.79. The minimum atomic E-state index is -0.0346. The van der Waals surface area contributed by atoms with Crippen molar-refractivity contribution in [1.29, 1.82) is 0 Å². The average molecular weight is 412 g/mol. The van der Waals surface area contributed by atoms with Gasteiger partial charge in [-0.2, -0.15) is 5.10 Å². The Morgan fingerprint density at radius 3 is 2.62 bits per heavy atom. The Labute approximate surface area is 176 Å². The van der Waals surface area contributed by atoms with E-state index in [9.17, 15) is 4.79 Å². The number of halogens is 1. The van der Waals surface area contributed by atoms with Crippen molar-refractivity contribution in [3.63, 3.8) is 0 Å². The van der Waals surface area contributed by atoms with Gasteiger partial charge < -0.3 is 9.64 Å². The maximum absolute atomic E-state index is 13.0. The Kier molecular flexibility index (Phi) is 6.60. The lowest BCUT2D eigenvalue weighted by molar-refractivity contribution is 0.0784. The monoisotopic (exact) mass is 411 g/mol. The van der Waals surface area contributed by atoms with E-state index in [2.05, 4.69) is 12.0 Å². The van der Waals surface area contributed by atoms with Crippen molar-refractivity contribution in [1.82, 2.24) is 14.7 Å². The number of nitrogens with zero attached hydrogens (tertiary/aromatic N) is 3. The van der Waals surface area contributed by atoms with Gasteiger partial charge in [0, 0.05) is 37.0 Å². The number of rotatable bonds is 7. The predicted molar refractivity (Wildman–Crippen MR) is 115 cm³/mol. The number of hydrogen-bond acceptors (Lipinski definition) is 3. The molecule has 152 valence electrons. The minimum Gasteiger partial charge on any atom is -0.487 e. The van der Waals surface area contributed by atoms with E-state index in [0.717, 1.165) is 29.1 Å². The standard InChI is InChI=1S/C23H26ClN3O2/c1-5-27-17(3)20(16(2)25-27)14-26(4)23(28)19-10-8-9-18(13-19)15-29-22-12-7-6-11-21(22)24/h6-13H,5,14-15H2,1-4H3. The van der Waals surface area contributed by atoms with Crippen LogP contribution in [0.15, 0.2) is 48.5 Å². The molecule has 1 heterocycles. The third-order valence-corrected chi connectivity index (χ3v) is 5.29.